The molecule has 0 spiro atoms. The maximum atomic E-state index is 12.2. The van der Waals surface area contributed by atoms with Gasteiger partial charge in [0.15, 0.2) is 0 Å². The van der Waals surface area contributed by atoms with Crippen LogP contribution in [0.5, 0.6) is 0 Å². The summed E-state index contributed by atoms with van der Waals surface area (Å²) in [7, 11) is 0. The first-order valence-electron chi connectivity index (χ1n) is 9.26. The number of nitrogens with zero attached hydrogens (tertiary/aromatic N) is 3. The van der Waals surface area contributed by atoms with E-state index in [1.807, 2.05) is 48.9 Å². The molecule has 27 heavy (non-hydrogen) atoms. The Bertz CT molecular complexity index is 863. The number of carbonyl (C=O) groups is 1. The van der Waals surface area contributed by atoms with Gasteiger partial charge in [0.2, 0.25) is 0 Å². The Balaban J connectivity index is 1.55. The number of amides is 2. The van der Waals surface area contributed by atoms with Crippen LogP contribution in [0, 0.1) is 25.2 Å². The van der Waals surface area contributed by atoms with E-state index in [9.17, 15) is 4.79 Å². The third-order valence-corrected chi connectivity index (χ3v) is 4.94. The van der Waals surface area contributed by atoms with Crippen LogP contribution in [0.25, 0.3) is 0 Å². The van der Waals surface area contributed by atoms with Crippen LogP contribution in [0.3, 0.4) is 0 Å². The van der Waals surface area contributed by atoms with Crippen molar-refractivity contribution in [3.8, 4) is 6.07 Å². The first kappa shape index (κ1) is 18.7. The van der Waals surface area contributed by atoms with Gasteiger partial charge in [-0.2, -0.15) is 10.4 Å². The fourth-order valence-corrected chi connectivity index (χ4v) is 3.64. The molecule has 6 heteroatoms. The Morgan fingerprint density at radius 3 is 2.81 bits per heavy atom. The first-order valence-corrected chi connectivity index (χ1v) is 9.26. The van der Waals surface area contributed by atoms with Gasteiger partial charge < -0.3 is 10.6 Å². The van der Waals surface area contributed by atoms with Crippen LogP contribution in [-0.4, -0.2) is 21.9 Å². The third kappa shape index (κ3) is 4.56. The van der Waals surface area contributed by atoms with E-state index >= 15 is 0 Å². The number of rotatable bonds is 6. The molecule has 1 aliphatic rings. The molecule has 0 radical (unpaired) electrons. The predicted molar refractivity (Wildman–Crippen MR) is 104 cm³/mol. The van der Waals surface area contributed by atoms with E-state index in [1.54, 1.807) is 0 Å². The van der Waals surface area contributed by atoms with Gasteiger partial charge in [-0.05, 0) is 25.8 Å². The quantitative estimate of drug-likeness (QED) is 0.772. The molecule has 0 bridgehead atoms. The molecular formula is C21H25N5O. The summed E-state index contributed by atoms with van der Waals surface area (Å²) in [6, 6.07) is 11.9. The van der Waals surface area contributed by atoms with Gasteiger partial charge in [0.05, 0.1) is 24.7 Å². The average molecular weight is 363 g/mol. The summed E-state index contributed by atoms with van der Waals surface area (Å²) < 4.78 is 1.91. The van der Waals surface area contributed by atoms with E-state index in [0.29, 0.717) is 19.5 Å². The summed E-state index contributed by atoms with van der Waals surface area (Å²) in [6.07, 6.45) is 5.48. The van der Waals surface area contributed by atoms with Crippen molar-refractivity contribution in [3.05, 3.63) is 65.0 Å². The zero-order valence-electron chi connectivity index (χ0n) is 15.8. The average Bonchev–Trinajstić information content (AvgIpc) is 3.22. The largest absolute Gasteiger partial charge is 0.334 e. The lowest BCUT2D eigenvalue weighted by Crippen LogP contribution is -2.40. The van der Waals surface area contributed by atoms with Gasteiger partial charge in [0.25, 0.3) is 0 Å². The number of hydrogen-bond donors (Lipinski definition) is 2. The normalized spacial score (nSPS) is 18.3. The molecule has 1 aromatic heterocycles. The number of aromatic nitrogens is 2. The lowest BCUT2D eigenvalue weighted by Gasteiger charge is -2.15. The minimum Gasteiger partial charge on any atom is -0.334 e. The lowest BCUT2D eigenvalue weighted by molar-refractivity contribution is 0.238. The molecule has 2 atom stereocenters. The molecule has 2 N–H and O–H groups in total. The van der Waals surface area contributed by atoms with Gasteiger partial charge in [-0.3, -0.25) is 4.68 Å². The maximum Gasteiger partial charge on any atom is 0.315 e. The first-order chi connectivity index (χ1) is 13.1. The van der Waals surface area contributed by atoms with Crippen LogP contribution in [0.2, 0.25) is 0 Å². The van der Waals surface area contributed by atoms with Crippen LogP contribution < -0.4 is 10.6 Å². The van der Waals surface area contributed by atoms with Crippen molar-refractivity contribution < 1.29 is 4.79 Å². The van der Waals surface area contributed by atoms with Crippen LogP contribution in [0.4, 0.5) is 4.79 Å². The van der Waals surface area contributed by atoms with Gasteiger partial charge in [-0.1, -0.05) is 42.5 Å². The molecule has 1 heterocycles. The summed E-state index contributed by atoms with van der Waals surface area (Å²) in [5, 5.41) is 19.3. The lowest BCUT2D eigenvalue weighted by atomic mass is 9.96. The second-order valence-corrected chi connectivity index (χ2v) is 6.86. The number of aryl methyl sites for hydroxylation is 2. The van der Waals surface area contributed by atoms with Crippen LogP contribution in [0.15, 0.2) is 42.5 Å². The van der Waals surface area contributed by atoms with Crippen molar-refractivity contribution in [2.45, 2.75) is 51.7 Å². The number of urea groups is 1. The Morgan fingerprint density at radius 1 is 1.30 bits per heavy atom. The van der Waals surface area contributed by atoms with Gasteiger partial charge in [0.1, 0.15) is 0 Å². The Labute approximate surface area is 159 Å². The number of benzene rings is 1. The van der Waals surface area contributed by atoms with Gasteiger partial charge in [-0.25, -0.2) is 4.79 Å². The Morgan fingerprint density at radius 2 is 2.07 bits per heavy atom. The fraction of sp³-hybridized carbons (Fsp3) is 0.381. The van der Waals surface area contributed by atoms with E-state index in [0.717, 1.165) is 23.4 Å². The molecule has 0 aliphatic heterocycles. The second-order valence-electron chi connectivity index (χ2n) is 6.86. The summed E-state index contributed by atoms with van der Waals surface area (Å²) in [6.45, 7) is 5.18. The van der Waals surface area contributed by atoms with Gasteiger partial charge in [-0.15, -0.1) is 0 Å². The highest BCUT2D eigenvalue weighted by Gasteiger charge is 2.26. The van der Waals surface area contributed by atoms with Crippen molar-refractivity contribution in [3.63, 3.8) is 0 Å². The van der Waals surface area contributed by atoms with E-state index in [2.05, 4.69) is 34.0 Å². The van der Waals surface area contributed by atoms with E-state index in [4.69, 9.17) is 5.26 Å². The molecule has 0 unspecified atom stereocenters. The van der Waals surface area contributed by atoms with E-state index < -0.39 is 0 Å². The summed E-state index contributed by atoms with van der Waals surface area (Å²) in [4.78, 5) is 12.2. The van der Waals surface area contributed by atoms with Crippen LogP contribution >= 0.6 is 0 Å². The molecule has 0 saturated carbocycles. The highest BCUT2D eigenvalue weighted by Crippen LogP contribution is 2.33. The van der Waals surface area contributed by atoms with Crippen LogP contribution in [-0.2, 0) is 13.1 Å². The molecule has 2 amide bonds. The number of nitriles is 1. The minimum absolute atomic E-state index is 0.00651. The molecule has 2 aromatic rings. The number of carbonyl (C=O) groups excluding carboxylic acids is 1. The molecule has 0 saturated heterocycles. The highest BCUT2D eigenvalue weighted by molar-refractivity contribution is 5.74. The van der Waals surface area contributed by atoms with E-state index in [1.165, 1.54) is 5.56 Å². The monoisotopic (exact) mass is 363 g/mol. The molecule has 3 rings (SSSR count). The van der Waals surface area contributed by atoms with Crippen molar-refractivity contribution >= 4 is 6.03 Å². The summed E-state index contributed by atoms with van der Waals surface area (Å²) in [5.41, 5.74) is 4.38. The maximum absolute atomic E-state index is 12.2. The molecule has 1 aromatic carbocycles. The van der Waals surface area contributed by atoms with Crippen molar-refractivity contribution in [1.82, 2.24) is 20.4 Å². The molecule has 6 nitrogen and oxygen atoms in total. The second kappa shape index (κ2) is 8.54. The number of nitrogens with one attached hydrogen (secondary N) is 2. The SMILES string of the molecule is Cc1nn(CCC#N)c(C)c1[C@H]1C=C[C@@H](NC(=O)NCc2ccccc2)C1. The molecule has 1 aliphatic carbocycles. The number of hydrogen-bond acceptors (Lipinski definition) is 3. The third-order valence-electron chi connectivity index (χ3n) is 4.94. The summed E-state index contributed by atoms with van der Waals surface area (Å²) in [5.74, 6) is 0.236. The number of allylic oxidation sites excluding steroid dienone is 1. The van der Waals surface area contributed by atoms with Gasteiger partial charge >= 0.3 is 6.03 Å². The summed E-state index contributed by atoms with van der Waals surface area (Å²) >= 11 is 0. The van der Waals surface area contributed by atoms with E-state index in [-0.39, 0.29) is 18.0 Å². The van der Waals surface area contributed by atoms with Crippen LogP contribution in [0.1, 0.15) is 41.3 Å². The van der Waals surface area contributed by atoms with Gasteiger partial charge in [0, 0.05) is 29.8 Å². The zero-order valence-corrected chi connectivity index (χ0v) is 15.8. The highest BCUT2D eigenvalue weighted by atomic mass is 16.2. The van der Waals surface area contributed by atoms with Crippen molar-refractivity contribution in [2.24, 2.45) is 0 Å². The molecule has 140 valence electrons. The standard InChI is InChI=1S/C21H25N5O/c1-15-20(16(2)26(25-15)12-6-11-22)18-9-10-19(13-18)24-21(27)23-14-17-7-4-3-5-8-17/h3-5,7-10,18-19H,6,12-14H2,1-2H3,(H2,23,24,27)/t18-,19+/m0/s1. The van der Waals surface area contributed by atoms with Crippen molar-refractivity contribution in [2.75, 3.05) is 0 Å². The molecule has 0 fully saturated rings. The minimum atomic E-state index is -0.160. The smallest absolute Gasteiger partial charge is 0.315 e. The molecular weight excluding hydrogens is 338 g/mol. The predicted octanol–water partition coefficient (Wildman–Crippen LogP) is 3.33. The Hall–Kier alpha value is -3.07. The topological polar surface area (TPSA) is 82.7 Å². The Kier molecular flexibility index (Phi) is 5.92. The van der Waals surface area contributed by atoms with Crippen molar-refractivity contribution in [1.29, 1.82) is 5.26 Å². The zero-order chi connectivity index (χ0) is 19.2. The fourth-order valence-electron chi connectivity index (χ4n) is 3.64.